The van der Waals surface area contributed by atoms with Crippen molar-refractivity contribution in [3.63, 3.8) is 0 Å². The highest BCUT2D eigenvalue weighted by molar-refractivity contribution is 5.49. The van der Waals surface area contributed by atoms with Crippen LogP contribution >= 0.6 is 0 Å². The van der Waals surface area contributed by atoms with Gasteiger partial charge in [-0.1, -0.05) is 0 Å². The van der Waals surface area contributed by atoms with Crippen LogP contribution in [0, 0.1) is 20.8 Å². The first-order valence-electron chi connectivity index (χ1n) is 6.03. The number of hydrogen-bond acceptors (Lipinski definition) is 2. The van der Waals surface area contributed by atoms with Crippen molar-refractivity contribution >= 4 is 0 Å². The van der Waals surface area contributed by atoms with Crippen molar-refractivity contribution in [3.05, 3.63) is 28.3 Å². The number of ether oxygens (including phenoxy) is 1. The Balaban J connectivity index is 2.48. The summed E-state index contributed by atoms with van der Waals surface area (Å²) in [5.74, 6) is 1.01. The zero-order chi connectivity index (χ0) is 11.7. The van der Waals surface area contributed by atoms with Crippen molar-refractivity contribution in [2.24, 2.45) is 0 Å². The Morgan fingerprint density at radius 2 is 2.00 bits per heavy atom. The van der Waals surface area contributed by atoms with E-state index in [9.17, 15) is 0 Å². The zero-order valence-electron chi connectivity index (χ0n) is 10.7. The summed E-state index contributed by atoms with van der Waals surface area (Å²) in [6, 6.07) is 2.71. The summed E-state index contributed by atoms with van der Waals surface area (Å²) in [4.78, 5) is 0. The molecule has 1 aromatic rings. The summed E-state index contributed by atoms with van der Waals surface area (Å²) in [5, 5.41) is 3.58. The number of benzene rings is 1. The van der Waals surface area contributed by atoms with Crippen LogP contribution in [0.25, 0.3) is 0 Å². The minimum atomic E-state index is 0.546. The number of methoxy groups -OCH3 is 1. The Morgan fingerprint density at radius 1 is 1.25 bits per heavy atom. The second-order valence-electron chi connectivity index (χ2n) is 4.71. The standard InChI is InChI=1S/C14H21NO/c1-9-8-13(16-4)10(2)11(3)14(9)12-6-5-7-15-12/h8,12,15H,5-7H2,1-4H3. The van der Waals surface area contributed by atoms with Gasteiger partial charge in [-0.05, 0) is 68.5 Å². The van der Waals surface area contributed by atoms with Gasteiger partial charge >= 0.3 is 0 Å². The molecule has 0 aliphatic carbocycles. The molecule has 2 heteroatoms. The normalized spacial score (nSPS) is 20.1. The van der Waals surface area contributed by atoms with Gasteiger partial charge in [-0.25, -0.2) is 0 Å². The fourth-order valence-electron chi connectivity index (χ4n) is 2.74. The van der Waals surface area contributed by atoms with E-state index in [1.165, 1.54) is 35.1 Å². The smallest absolute Gasteiger partial charge is 0.122 e. The number of hydrogen-bond donors (Lipinski definition) is 1. The van der Waals surface area contributed by atoms with Crippen LogP contribution in [-0.2, 0) is 0 Å². The molecule has 0 aromatic heterocycles. The maximum Gasteiger partial charge on any atom is 0.122 e. The van der Waals surface area contributed by atoms with Crippen molar-refractivity contribution in [1.29, 1.82) is 0 Å². The molecule has 0 saturated carbocycles. The maximum atomic E-state index is 5.40. The van der Waals surface area contributed by atoms with E-state index in [2.05, 4.69) is 32.2 Å². The van der Waals surface area contributed by atoms with Crippen LogP contribution in [0.2, 0.25) is 0 Å². The predicted molar refractivity (Wildman–Crippen MR) is 67.2 cm³/mol. The Labute approximate surface area is 98.0 Å². The molecule has 0 radical (unpaired) electrons. The van der Waals surface area contributed by atoms with Gasteiger partial charge in [0.2, 0.25) is 0 Å². The van der Waals surface area contributed by atoms with Crippen LogP contribution in [0.3, 0.4) is 0 Å². The van der Waals surface area contributed by atoms with E-state index < -0.39 is 0 Å². The lowest BCUT2D eigenvalue weighted by atomic mass is 9.91. The van der Waals surface area contributed by atoms with E-state index in [-0.39, 0.29) is 0 Å². The second kappa shape index (κ2) is 4.46. The highest BCUT2D eigenvalue weighted by atomic mass is 16.5. The summed E-state index contributed by atoms with van der Waals surface area (Å²) in [6.07, 6.45) is 2.54. The molecular formula is C14H21NO. The minimum absolute atomic E-state index is 0.546. The van der Waals surface area contributed by atoms with Gasteiger partial charge in [0.05, 0.1) is 7.11 Å². The van der Waals surface area contributed by atoms with Crippen molar-refractivity contribution in [2.75, 3.05) is 13.7 Å². The molecular weight excluding hydrogens is 198 g/mol. The molecule has 2 rings (SSSR count). The summed E-state index contributed by atoms with van der Waals surface area (Å²) >= 11 is 0. The highest BCUT2D eigenvalue weighted by Gasteiger charge is 2.21. The SMILES string of the molecule is COc1cc(C)c(C2CCCN2)c(C)c1C. The second-order valence-corrected chi connectivity index (χ2v) is 4.71. The molecule has 1 saturated heterocycles. The molecule has 0 bridgehead atoms. The van der Waals surface area contributed by atoms with Crippen LogP contribution in [0.5, 0.6) is 5.75 Å². The van der Waals surface area contributed by atoms with E-state index in [0.29, 0.717) is 6.04 Å². The Kier molecular flexibility index (Phi) is 3.20. The van der Waals surface area contributed by atoms with E-state index >= 15 is 0 Å². The minimum Gasteiger partial charge on any atom is -0.496 e. The first kappa shape index (κ1) is 11.5. The van der Waals surface area contributed by atoms with Crippen molar-refractivity contribution in [2.45, 2.75) is 39.7 Å². The van der Waals surface area contributed by atoms with Gasteiger partial charge in [0.15, 0.2) is 0 Å². The molecule has 88 valence electrons. The molecule has 16 heavy (non-hydrogen) atoms. The van der Waals surface area contributed by atoms with Gasteiger partial charge in [0, 0.05) is 6.04 Å². The third-order valence-corrected chi connectivity index (χ3v) is 3.74. The van der Waals surface area contributed by atoms with E-state index in [4.69, 9.17) is 4.74 Å². The molecule has 0 amide bonds. The van der Waals surface area contributed by atoms with E-state index in [0.717, 1.165) is 12.3 Å². The Bertz CT molecular complexity index is 392. The zero-order valence-corrected chi connectivity index (χ0v) is 10.7. The fourth-order valence-corrected chi connectivity index (χ4v) is 2.74. The number of nitrogens with one attached hydrogen (secondary N) is 1. The first-order valence-corrected chi connectivity index (χ1v) is 6.03. The molecule has 1 N–H and O–H groups in total. The molecule has 1 atom stereocenters. The van der Waals surface area contributed by atoms with Crippen molar-refractivity contribution in [3.8, 4) is 5.75 Å². The van der Waals surface area contributed by atoms with E-state index in [1.807, 2.05) is 0 Å². The van der Waals surface area contributed by atoms with Crippen LogP contribution in [0.4, 0.5) is 0 Å². The van der Waals surface area contributed by atoms with Crippen LogP contribution in [-0.4, -0.2) is 13.7 Å². The summed E-state index contributed by atoms with van der Waals surface area (Å²) in [5.41, 5.74) is 5.49. The van der Waals surface area contributed by atoms with Crippen molar-refractivity contribution < 1.29 is 4.74 Å². The lowest BCUT2D eigenvalue weighted by Crippen LogP contribution is -2.16. The molecule has 1 heterocycles. The molecule has 1 aromatic carbocycles. The van der Waals surface area contributed by atoms with Gasteiger partial charge in [-0.2, -0.15) is 0 Å². The lowest BCUT2D eigenvalue weighted by molar-refractivity contribution is 0.410. The lowest BCUT2D eigenvalue weighted by Gasteiger charge is -2.20. The van der Waals surface area contributed by atoms with Crippen LogP contribution in [0.15, 0.2) is 6.07 Å². The Hall–Kier alpha value is -1.02. The monoisotopic (exact) mass is 219 g/mol. The third kappa shape index (κ3) is 1.82. The molecule has 0 spiro atoms. The fraction of sp³-hybridized carbons (Fsp3) is 0.571. The topological polar surface area (TPSA) is 21.3 Å². The highest BCUT2D eigenvalue weighted by Crippen LogP contribution is 2.34. The van der Waals surface area contributed by atoms with Crippen LogP contribution < -0.4 is 10.1 Å². The molecule has 1 aliphatic heterocycles. The number of aryl methyl sites for hydroxylation is 1. The third-order valence-electron chi connectivity index (χ3n) is 3.74. The van der Waals surface area contributed by atoms with Gasteiger partial charge in [-0.3, -0.25) is 0 Å². The predicted octanol–water partition coefficient (Wildman–Crippen LogP) is 3.04. The maximum absolute atomic E-state index is 5.40. The van der Waals surface area contributed by atoms with Gasteiger partial charge < -0.3 is 10.1 Å². The van der Waals surface area contributed by atoms with Gasteiger partial charge in [-0.15, -0.1) is 0 Å². The van der Waals surface area contributed by atoms with Gasteiger partial charge in [0.1, 0.15) is 5.75 Å². The quantitative estimate of drug-likeness (QED) is 0.825. The average Bonchev–Trinajstić information content (AvgIpc) is 2.77. The van der Waals surface area contributed by atoms with Crippen molar-refractivity contribution in [1.82, 2.24) is 5.32 Å². The average molecular weight is 219 g/mol. The largest absolute Gasteiger partial charge is 0.496 e. The first-order chi connectivity index (χ1) is 7.65. The molecule has 2 nitrogen and oxygen atoms in total. The summed E-state index contributed by atoms with van der Waals surface area (Å²) < 4.78 is 5.40. The van der Waals surface area contributed by atoms with Gasteiger partial charge in [0.25, 0.3) is 0 Å². The molecule has 1 unspecified atom stereocenters. The summed E-state index contributed by atoms with van der Waals surface area (Å²) in [6.45, 7) is 7.69. The summed E-state index contributed by atoms with van der Waals surface area (Å²) in [7, 11) is 1.74. The number of rotatable bonds is 2. The molecule has 1 aliphatic rings. The molecule has 1 fully saturated rings. The Morgan fingerprint density at radius 3 is 2.56 bits per heavy atom. The van der Waals surface area contributed by atoms with Crippen LogP contribution in [0.1, 0.15) is 41.1 Å². The van der Waals surface area contributed by atoms with E-state index in [1.54, 1.807) is 7.11 Å².